The molecular weight excluding hydrogens is 314 g/mol. The Balaban J connectivity index is 1.68. The van der Waals surface area contributed by atoms with Gasteiger partial charge in [0.15, 0.2) is 0 Å². The van der Waals surface area contributed by atoms with Gasteiger partial charge in [-0.1, -0.05) is 0 Å². The summed E-state index contributed by atoms with van der Waals surface area (Å²) in [5, 5.41) is 1.91. The average molecular weight is 333 g/mol. The van der Waals surface area contributed by atoms with Crippen LogP contribution in [0.3, 0.4) is 0 Å². The van der Waals surface area contributed by atoms with Crippen molar-refractivity contribution in [3.05, 3.63) is 90.3 Å². The lowest BCUT2D eigenvalue weighted by Gasteiger charge is -2.23. The summed E-state index contributed by atoms with van der Waals surface area (Å²) in [5.74, 6) is -0.170. The van der Waals surface area contributed by atoms with E-state index in [1.54, 1.807) is 49.3 Å². The van der Waals surface area contributed by atoms with Crippen LogP contribution < -0.4 is 5.43 Å². The molecule has 1 N–H and O–H groups in total. The molecule has 3 aromatic heterocycles. The second-order valence-corrected chi connectivity index (χ2v) is 5.57. The molecule has 126 valence electrons. The van der Waals surface area contributed by atoms with Gasteiger partial charge >= 0.3 is 0 Å². The molecule has 0 bridgehead atoms. The van der Waals surface area contributed by atoms with Crippen molar-refractivity contribution in [3.63, 3.8) is 0 Å². The van der Waals surface area contributed by atoms with E-state index in [9.17, 15) is 4.79 Å². The number of hydrogen-bond acceptors (Lipinski definition) is 5. The van der Waals surface area contributed by atoms with Crippen molar-refractivity contribution in [2.45, 2.75) is 13.0 Å². The molecule has 0 saturated heterocycles. The topological polar surface area (TPSA) is 71.0 Å². The van der Waals surface area contributed by atoms with E-state index in [4.69, 9.17) is 0 Å². The zero-order valence-electron chi connectivity index (χ0n) is 13.7. The summed E-state index contributed by atoms with van der Waals surface area (Å²) in [5.41, 5.74) is 5.76. The number of carbonyl (C=O) groups is 1. The van der Waals surface area contributed by atoms with Crippen LogP contribution in [0.5, 0.6) is 0 Å². The van der Waals surface area contributed by atoms with Crippen LogP contribution in [0.4, 0.5) is 0 Å². The number of nitrogens with one attached hydrogen (secondary N) is 1. The lowest BCUT2D eigenvalue weighted by Crippen LogP contribution is -2.42. The first-order valence-corrected chi connectivity index (χ1v) is 8.05. The second kappa shape index (κ2) is 8.65. The summed E-state index contributed by atoms with van der Waals surface area (Å²) in [6.07, 6.45) is 11.1. The Labute approximate surface area is 146 Å². The Morgan fingerprint density at radius 1 is 0.880 bits per heavy atom. The minimum Gasteiger partial charge on any atom is -0.284 e. The predicted molar refractivity (Wildman–Crippen MR) is 94.3 cm³/mol. The van der Waals surface area contributed by atoms with E-state index in [1.165, 1.54) is 5.56 Å². The van der Waals surface area contributed by atoms with E-state index in [0.29, 0.717) is 18.7 Å². The van der Waals surface area contributed by atoms with Gasteiger partial charge in [0.1, 0.15) is 0 Å². The van der Waals surface area contributed by atoms with E-state index < -0.39 is 0 Å². The highest BCUT2D eigenvalue weighted by Crippen LogP contribution is 2.05. The monoisotopic (exact) mass is 333 g/mol. The van der Waals surface area contributed by atoms with E-state index in [-0.39, 0.29) is 5.91 Å². The maximum absolute atomic E-state index is 12.4. The number of hydrogen-bond donors (Lipinski definition) is 1. The Hall–Kier alpha value is -3.12. The molecule has 0 aliphatic heterocycles. The molecule has 3 rings (SSSR count). The number of nitrogens with zero attached hydrogens (tertiary/aromatic N) is 4. The Bertz CT molecular complexity index is 781. The lowest BCUT2D eigenvalue weighted by atomic mass is 10.2. The molecule has 0 unspecified atom stereocenters. The zero-order chi connectivity index (χ0) is 17.3. The fourth-order valence-corrected chi connectivity index (χ4v) is 2.40. The first-order valence-electron chi connectivity index (χ1n) is 8.05. The van der Waals surface area contributed by atoms with Crippen molar-refractivity contribution in [1.82, 2.24) is 25.4 Å². The number of rotatable bonds is 7. The molecule has 0 aromatic carbocycles. The van der Waals surface area contributed by atoms with E-state index >= 15 is 0 Å². The normalized spacial score (nSPS) is 10.6. The fraction of sp³-hybridized carbons (Fsp3) is 0.158. The van der Waals surface area contributed by atoms with Gasteiger partial charge in [-0.05, 0) is 53.9 Å². The number of aromatic nitrogens is 3. The molecule has 6 nitrogen and oxygen atoms in total. The van der Waals surface area contributed by atoms with Gasteiger partial charge in [-0.15, -0.1) is 0 Å². The first kappa shape index (κ1) is 16.7. The standard InChI is InChI=1S/C19H19N5O/c25-19(18-2-1-8-22-14-18)23-24(15-17-5-11-21-12-6-17)13-7-16-3-9-20-10-4-16/h1-6,8-12,14H,7,13,15H2,(H,23,25). The number of pyridine rings is 3. The first-order chi connectivity index (χ1) is 12.3. The largest absolute Gasteiger partial charge is 0.284 e. The molecule has 3 aromatic rings. The molecule has 0 spiro atoms. The van der Waals surface area contributed by atoms with Gasteiger partial charge in [0, 0.05) is 50.3 Å². The van der Waals surface area contributed by atoms with E-state index in [2.05, 4.69) is 20.4 Å². The summed E-state index contributed by atoms with van der Waals surface area (Å²) in [6.45, 7) is 1.28. The summed E-state index contributed by atoms with van der Waals surface area (Å²) in [7, 11) is 0. The predicted octanol–water partition coefficient (Wildman–Crippen LogP) is 2.26. The van der Waals surface area contributed by atoms with Gasteiger partial charge in [-0.25, -0.2) is 5.01 Å². The van der Waals surface area contributed by atoms with Crippen LogP contribution in [0.15, 0.2) is 73.6 Å². The summed E-state index contributed by atoms with van der Waals surface area (Å²) < 4.78 is 0. The van der Waals surface area contributed by atoms with Gasteiger partial charge in [0.2, 0.25) is 0 Å². The molecule has 0 aliphatic carbocycles. The quantitative estimate of drug-likeness (QED) is 0.672. The molecule has 0 fully saturated rings. The van der Waals surface area contributed by atoms with Crippen LogP contribution in [0.2, 0.25) is 0 Å². The van der Waals surface area contributed by atoms with Crippen LogP contribution in [0.25, 0.3) is 0 Å². The average Bonchev–Trinajstić information content (AvgIpc) is 2.68. The van der Waals surface area contributed by atoms with Gasteiger partial charge in [0.25, 0.3) is 5.91 Å². The highest BCUT2D eigenvalue weighted by molar-refractivity contribution is 5.93. The van der Waals surface area contributed by atoms with Crippen LogP contribution in [-0.2, 0) is 13.0 Å². The molecule has 25 heavy (non-hydrogen) atoms. The summed E-state index contributed by atoms with van der Waals surface area (Å²) in [4.78, 5) is 24.5. The molecule has 0 radical (unpaired) electrons. The fourth-order valence-electron chi connectivity index (χ4n) is 2.40. The molecule has 3 heterocycles. The Kier molecular flexibility index (Phi) is 5.79. The number of carbonyl (C=O) groups excluding carboxylic acids is 1. The minimum absolute atomic E-state index is 0.170. The molecule has 1 amide bonds. The van der Waals surface area contributed by atoms with Crippen LogP contribution in [0, 0.1) is 0 Å². The number of hydrazine groups is 1. The van der Waals surface area contributed by atoms with Gasteiger partial charge in [-0.2, -0.15) is 0 Å². The van der Waals surface area contributed by atoms with Crippen molar-refractivity contribution in [2.75, 3.05) is 6.54 Å². The smallest absolute Gasteiger partial charge is 0.267 e. The highest BCUT2D eigenvalue weighted by Gasteiger charge is 2.12. The van der Waals surface area contributed by atoms with Crippen LogP contribution in [-0.4, -0.2) is 32.4 Å². The third kappa shape index (κ3) is 5.19. The van der Waals surface area contributed by atoms with Crippen molar-refractivity contribution >= 4 is 5.91 Å². The van der Waals surface area contributed by atoms with Crippen molar-refractivity contribution < 1.29 is 4.79 Å². The minimum atomic E-state index is -0.170. The third-order valence-electron chi connectivity index (χ3n) is 3.73. The lowest BCUT2D eigenvalue weighted by molar-refractivity contribution is 0.0776. The van der Waals surface area contributed by atoms with Crippen molar-refractivity contribution in [1.29, 1.82) is 0 Å². The second-order valence-electron chi connectivity index (χ2n) is 5.57. The Morgan fingerprint density at radius 2 is 1.56 bits per heavy atom. The third-order valence-corrected chi connectivity index (χ3v) is 3.73. The maximum atomic E-state index is 12.4. The Morgan fingerprint density at radius 3 is 2.20 bits per heavy atom. The van der Waals surface area contributed by atoms with Gasteiger partial charge in [0.05, 0.1) is 5.56 Å². The van der Waals surface area contributed by atoms with Crippen LogP contribution >= 0.6 is 0 Å². The van der Waals surface area contributed by atoms with Crippen molar-refractivity contribution in [3.8, 4) is 0 Å². The maximum Gasteiger partial charge on any atom is 0.267 e. The molecule has 6 heteroatoms. The zero-order valence-corrected chi connectivity index (χ0v) is 13.7. The molecule has 0 atom stereocenters. The van der Waals surface area contributed by atoms with Gasteiger partial charge in [-0.3, -0.25) is 25.2 Å². The van der Waals surface area contributed by atoms with E-state index in [1.807, 2.05) is 29.3 Å². The van der Waals surface area contributed by atoms with Gasteiger partial charge < -0.3 is 0 Å². The van der Waals surface area contributed by atoms with E-state index in [0.717, 1.165) is 12.0 Å². The molecular formula is C19H19N5O. The summed E-state index contributed by atoms with van der Waals surface area (Å²) in [6, 6.07) is 11.3. The molecule has 0 aliphatic rings. The SMILES string of the molecule is O=C(NN(CCc1ccncc1)Cc1ccncc1)c1cccnc1. The highest BCUT2D eigenvalue weighted by atomic mass is 16.2. The van der Waals surface area contributed by atoms with Crippen molar-refractivity contribution in [2.24, 2.45) is 0 Å². The molecule has 0 saturated carbocycles. The van der Waals surface area contributed by atoms with Crippen LogP contribution in [0.1, 0.15) is 21.5 Å². The number of amides is 1. The summed E-state index contributed by atoms with van der Waals surface area (Å²) >= 11 is 0.